The van der Waals surface area contributed by atoms with Gasteiger partial charge in [-0.1, -0.05) is 102 Å². The molecule has 0 aliphatic carbocycles. The SMILES string of the molecule is CCCCCCCCCCCCCCCCN(CC)C(=O)c1ccc(Cl)cc1. The van der Waals surface area contributed by atoms with E-state index in [9.17, 15) is 4.79 Å². The van der Waals surface area contributed by atoms with Crippen molar-refractivity contribution in [1.82, 2.24) is 4.90 Å². The number of benzene rings is 1. The number of carbonyl (C=O) groups is 1. The van der Waals surface area contributed by atoms with Gasteiger partial charge in [-0.2, -0.15) is 0 Å². The Hall–Kier alpha value is -1.02. The monoisotopic (exact) mass is 407 g/mol. The Morgan fingerprint density at radius 1 is 0.714 bits per heavy atom. The standard InChI is InChI=1S/C25H42ClNO/c1-3-5-6-7-8-9-10-11-12-13-14-15-16-17-22-27(4-2)25(28)23-18-20-24(26)21-19-23/h18-21H,3-17,22H2,1-2H3. The number of carbonyl (C=O) groups excluding carboxylic acids is 1. The number of hydrogen-bond acceptors (Lipinski definition) is 1. The van der Waals surface area contributed by atoms with Gasteiger partial charge in [-0.15, -0.1) is 0 Å². The zero-order chi connectivity index (χ0) is 20.5. The molecule has 0 aliphatic heterocycles. The van der Waals surface area contributed by atoms with Gasteiger partial charge in [0.25, 0.3) is 5.91 Å². The highest BCUT2D eigenvalue weighted by Crippen LogP contribution is 2.14. The average molecular weight is 408 g/mol. The molecule has 28 heavy (non-hydrogen) atoms. The lowest BCUT2D eigenvalue weighted by molar-refractivity contribution is 0.0761. The Bertz CT molecular complexity index is 500. The molecule has 160 valence electrons. The predicted octanol–water partition coefficient (Wildman–Crippen LogP) is 8.28. The van der Waals surface area contributed by atoms with Crippen LogP contribution in [0.4, 0.5) is 0 Å². The summed E-state index contributed by atoms with van der Waals surface area (Å²) in [6.07, 6.45) is 19.0. The molecule has 0 N–H and O–H groups in total. The summed E-state index contributed by atoms with van der Waals surface area (Å²) < 4.78 is 0. The van der Waals surface area contributed by atoms with E-state index in [2.05, 4.69) is 13.8 Å². The van der Waals surface area contributed by atoms with E-state index >= 15 is 0 Å². The van der Waals surface area contributed by atoms with Gasteiger partial charge in [0.1, 0.15) is 0 Å². The number of amides is 1. The molecular weight excluding hydrogens is 366 g/mol. The minimum atomic E-state index is 0.119. The topological polar surface area (TPSA) is 20.3 Å². The van der Waals surface area contributed by atoms with Crippen LogP contribution in [0.5, 0.6) is 0 Å². The molecule has 3 heteroatoms. The van der Waals surface area contributed by atoms with Crippen molar-refractivity contribution >= 4 is 17.5 Å². The van der Waals surface area contributed by atoms with Crippen LogP contribution in [-0.2, 0) is 0 Å². The summed E-state index contributed by atoms with van der Waals surface area (Å²) in [5, 5.41) is 0.673. The Morgan fingerprint density at radius 2 is 1.14 bits per heavy atom. The van der Waals surface area contributed by atoms with Crippen molar-refractivity contribution in [2.75, 3.05) is 13.1 Å². The minimum absolute atomic E-state index is 0.119. The summed E-state index contributed by atoms with van der Waals surface area (Å²) in [6, 6.07) is 7.21. The van der Waals surface area contributed by atoms with Gasteiger partial charge in [0.2, 0.25) is 0 Å². The van der Waals surface area contributed by atoms with Crippen molar-refractivity contribution < 1.29 is 4.79 Å². The first-order chi connectivity index (χ1) is 13.7. The zero-order valence-electron chi connectivity index (χ0n) is 18.4. The van der Waals surface area contributed by atoms with Gasteiger partial charge in [0.15, 0.2) is 0 Å². The van der Waals surface area contributed by atoms with Crippen molar-refractivity contribution in [2.45, 2.75) is 104 Å². The van der Waals surface area contributed by atoms with E-state index in [0.29, 0.717) is 5.02 Å². The van der Waals surface area contributed by atoms with Crippen LogP contribution in [0, 0.1) is 0 Å². The summed E-state index contributed by atoms with van der Waals surface area (Å²) in [7, 11) is 0. The third kappa shape index (κ3) is 11.7. The van der Waals surface area contributed by atoms with Crippen LogP contribution in [0.25, 0.3) is 0 Å². The van der Waals surface area contributed by atoms with Crippen LogP contribution in [0.3, 0.4) is 0 Å². The number of rotatable bonds is 17. The van der Waals surface area contributed by atoms with Gasteiger partial charge in [0, 0.05) is 23.7 Å². The molecular formula is C25H42ClNO. The Kier molecular flexibility index (Phi) is 15.1. The fourth-order valence-corrected chi connectivity index (χ4v) is 3.80. The first-order valence-electron chi connectivity index (χ1n) is 11.7. The van der Waals surface area contributed by atoms with E-state index < -0.39 is 0 Å². The average Bonchev–Trinajstić information content (AvgIpc) is 2.71. The minimum Gasteiger partial charge on any atom is -0.339 e. The number of nitrogens with zero attached hydrogens (tertiary/aromatic N) is 1. The van der Waals surface area contributed by atoms with E-state index in [1.54, 1.807) is 12.1 Å². The van der Waals surface area contributed by atoms with E-state index in [4.69, 9.17) is 11.6 Å². The molecule has 0 unspecified atom stereocenters. The second-order valence-corrected chi connectivity index (χ2v) is 8.42. The summed E-state index contributed by atoms with van der Waals surface area (Å²) >= 11 is 5.91. The quantitative estimate of drug-likeness (QED) is 0.238. The van der Waals surface area contributed by atoms with E-state index in [-0.39, 0.29) is 5.91 Å². The van der Waals surface area contributed by atoms with Crippen molar-refractivity contribution in [3.05, 3.63) is 34.9 Å². The molecule has 0 atom stereocenters. The van der Waals surface area contributed by atoms with Gasteiger partial charge in [-0.25, -0.2) is 0 Å². The molecule has 1 aromatic carbocycles. The summed E-state index contributed by atoms with van der Waals surface area (Å²) in [5.74, 6) is 0.119. The lowest BCUT2D eigenvalue weighted by atomic mass is 10.0. The highest BCUT2D eigenvalue weighted by molar-refractivity contribution is 6.30. The maximum absolute atomic E-state index is 12.5. The molecule has 1 aromatic rings. The summed E-state index contributed by atoms with van der Waals surface area (Å²) in [6.45, 7) is 5.95. The van der Waals surface area contributed by atoms with Crippen molar-refractivity contribution in [3.8, 4) is 0 Å². The molecule has 0 saturated heterocycles. The Balaban J connectivity index is 1.98. The van der Waals surface area contributed by atoms with Crippen LogP contribution in [0.1, 0.15) is 114 Å². The molecule has 0 aromatic heterocycles. The van der Waals surface area contributed by atoms with Crippen molar-refractivity contribution in [2.24, 2.45) is 0 Å². The van der Waals surface area contributed by atoms with E-state index in [1.807, 2.05) is 17.0 Å². The predicted molar refractivity (Wildman–Crippen MR) is 123 cm³/mol. The lowest BCUT2D eigenvalue weighted by Gasteiger charge is -2.21. The van der Waals surface area contributed by atoms with Crippen molar-refractivity contribution in [1.29, 1.82) is 0 Å². The second-order valence-electron chi connectivity index (χ2n) is 7.99. The van der Waals surface area contributed by atoms with Crippen LogP contribution in [-0.4, -0.2) is 23.9 Å². The normalized spacial score (nSPS) is 11.0. The van der Waals surface area contributed by atoms with Gasteiger partial charge in [-0.05, 0) is 37.6 Å². The molecule has 0 fully saturated rings. The fourth-order valence-electron chi connectivity index (χ4n) is 3.68. The number of unbranched alkanes of at least 4 members (excludes halogenated alkanes) is 13. The summed E-state index contributed by atoms with van der Waals surface area (Å²) in [5.41, 5.74) is 0.733. The first kappa shape index (κ1) is 25.0. The van der Waals surface area contributed by atoms with Gasteiger partial charge < -0.3 is 4.90 Å². The molecule has 1 amide bonds. The lowest BCUT2D eigenvalue weighted by Crippen LogP contribution is -2.31. The van der Waals surface area contributed by atoms with Crippen LogP contribution < -0.4 is 0 Å². The fraction of sp³-hybridized carbons (Fsp3) is 0.720. The molecule has 0 radical (unpaired) electrons. The van der Waals surface area contributed by atoms with E-state index in [1.165, 1.54) is 83.5 Å². The maximum atomic E-state index is 12.5. The van der Waals surface area contributed by atoms with Gasteiger partial charge in [-0.3, -0.25) is 4.79 Å². The molecule has 0 saturated carbocycles. The molecule has 0 heterocycles. The number of hydrogen-bond donors (Lipinski definition) is 0. The van der Waals surface area contributed by atoms with Crippen LogP contribution >= 0.6 is 11.6 Å². The molecule has 0 spiro atoms. The first-order valence-corrected chi connectivity index (χ1v) is 12.1. The highest BCUT2D eigenvalue weighted by Gasteiger charge is 2.13. The third-order valence-electron chi connectivity index (χ3n) is 5.54. The third-order valence-corrected chi connectivity index (χ3v) is 5.79. The van der Waals surface area contributed by atoms with Gasteiger partial charge >= 0.3 is 0 Å². The second kappa shape index (κ2) is 16.9. The molecule has 1 rings (SSSR count). The van der Waals surface area contributed by atoms with Gasteiger partial charge in [0.05, 0.1) is 0 Å². The zero-order valence-corrected chi connectivity index (χ0v) is 19.1. The van der Waals surface area contributed by atoms with Crippen LogP contribution in [0.2, 0.25) is 5.02 Å². The van der Waals surface area contributed by atoms with E-state index in [0.717, 1.165) is 25.1 Å². The smallest absolute Gasteiger partial charge is 0.253 e. The molecule has 0 bridgehead atoms. The molecule has 0 aliphatic rings. The number of halogens is 1. The summed E-state index contributed by atoms with van der Waals surface area (Å²) in [4.78, 5) is 14.5. The largest absolute Gasteiger partial charge is 0.339 e. The van der Waals surface area contributed by atoms with Crippen molar-refractivity contribution in [3.63, 3.8) is 0 Å². The highest BCUT2D eigenvalue weighted by atomic mass is 35.5. The Morgan fingerprint density at radius 3 is 1.57 bits per heavy atom. The molecule has 2 nitrogen and oxygen atoms in total. The maximum Gasteiger partial charge on any atom is 0.253 e. The van der Waals surface area contributed by atoms with Crippen LogP contribution in [0.15, 0.2) is 24.3 Å². The Labute approximate surface area is 179 Å².